The summed E-state index contributed by atoms with van der Waals surface area (Å²) in [6.07, 6.45) is 9.69. The predicted octanol–water partition coefficient (Wildman–Crippen LogP) is 3.71. The van der Waals surface area contributed by atoms with E-state index < -0.39 is 0 Å². The van der Waals surface area contributed by atoms with Gasteiger partial charge in [0.15, 0.2) is 0 Å². The highest BCUT2D eigenvalue weighted by atomic mass is 16.5. The molecule has 1 aromatic carbocycles. The average Bonchev–Trinajstić information content (AvgIpc) is 3.68. The van der Waals surface area contributed by atoms with Crippen molar-refractivity contribution < 1.29 is 14.3 Å². The van der Waals surface area contributed by atoms with E-state index in [1.807, 2.05) is 24.3 Å². The average molecular weight is 454 g/mol. The molecule has 6 nitrogen and oxygen atoms in total. The van der Waals surface area contributed by atoms with Crippen LogP contribution in [0.25, 0.3) is 0 Å². The molecular formula is C27H39N3O3. The molecule has 5 rings (SSSR count). The van der Waals surface area contributed by atoms with Gasteiger partial charge in [0.1, 0.15) is 5.75 Å². The largest absolute Gasteiger partial charge is 0.497 e. The fraction of sp³-hybridized carbons (Fsp3) is 0.704. The summed E-state index contributed by atoms with van der Waals surface area (Å²) in [5, 5.41) is 3.10. The molecule has 3 heterocycles. The zero-order valence-corrected chi connectivity index (χ0v) is 20.0. The molecule has 4 atom stereocenters. The first-order valence-corrected chi connectivity index (χ1v) is 13.1. The lowest BCUT2D eigenvalue weighted by Gasteiger charge is -2.57. The Morgan fingerprint density at radius 2 is 1.94 bits per heavy atom. The van der Waals surface area contributed by atoms with Gasteiger partial charge in [0.2, 0.25) is 5.91 Å². The van der Waals surface area contributed by atoms with E-state index in [2.05, 4.69) is 15.1 Å². The topological polar surface area (TPSA) is 61.9 Å². The molecule has 1 aliphatic carbocycles. The highest BCUT2D eigenvalue weighted by Crippen LogP contribution is 2.43. The van der Waals surface area contributed by atoms with Crippen molar-refractivity contribution in [2.24, 2.45) is 17.8 Å². The Hall–Kier alpha value is -2.08. The molecule has 4 aliphatic rings. The van der Waals surface area contributed by atoms with Crippen LogP contribution in [0, 0.1) is 17.8 Å². The number of likely N-dealkylation sites (tertiary alicyclic amines) is 1. The molecule has 4 fully saturated rings. The number of piperidine rings is 3. The van der Waals surface area contributed by atoms with Crippen LogP contribution >= 0.6 is 0 Å². The normalized spacial score (nSPS) is 29.3. The molecule has 3 saturated heterocycles. The van der Waals surface area contributed by atoms with Crippen molar-refractivity contribution in [1.82, 2.24) is 15.1 Å². The number of carbonyl (C=O) groups excluding carboxylic acids is 2. The number of nitrogens with zero attached hydrogens (tertiary/aromatic N) is 2. The first-order valence-electron chi connectivity index (χ1n) is 13.1. The van der Waals surface area contributed by atoms with Crippen LogP contribution in [0.2, 0.25) is 0 Å². The molecule has 0 bridgehead atoms. The minimum atomic E-state index is 0.123. The minimum absolute atomic E-state index is 0.123. The lowest BCUT2D eigenvalue weighted by molar-refractivity contribution is -0.121. The van der Waals surface area contributed by atoms with Gasteiger partial charge in [-0.3, -0.25) is 14.5 Å². The van der Waals surface area contributed by atoms with Gasteiger partial charge in [0.05, 0.1) is 7.11 Å². The number of carbonyl (C=O) groups is 2. The van der Waals surface area contributed by atoms with Crippen LogP contribution in [0.1, 0.15) is 68.1 Å². The molecule has 1 N–H and O–H groups in total. The van der Waals surface area contributed by atoms with E-state index in [-0.39, 0.29) is 17.9 Å². The maximum atomic E-state index is 13.8. The molecule has 6 heteroatoms. The predicted molar refractivity (Wildman–Crippen MR) is 128 cm³/mol. The second-order valence-electron chi connectivity index (χ2n) is 10.6. The van der Waals surface area contributed by atoms with Gasteiger partial charge in [0, 0.05) is 37.2 Å². The van der Waals surface area contributed by atoms with Crippen LogP contribution in [-0.4, -0.2) is 67.0 Å². The summed E-state index contributed by atoms with van der Waals surface area (Å²) in [5.74, 6) is 2.81. The van der Waals surface area contributed by atoms with Gasteiger partial charge in [-0.05, 0) is 100 Å². The number of hydrogen-bond donors (Lipinski definition) is 1. The van der Waals surface area contributed by atoms with Crippen LogP contribution < -0.4 is 10.1 Å². The molecule has 0 radical (unpaired) electrons. The van der Waals surface area contributed by atoms with Crippen molar-refractivity contribution >= 4 is 11.8 Å². The van der Waals surface area contributed by atoms with Gasteiger partial charge in [-0.2, -0.15) is 0 Å². The smallest absolute Gasteiger partial charge is 0.254 e. The molecule has 3 aliphatic heterocycles. The van der Waals surface area contributed by atoms with Gasteiger partial charge in [-0.15, -0.1) is 0 Å². The van der Waals surface area contributed by atoms with E-state index in [1.54, 1.807) is 7.11 Å². The van der Waals surface area contributed by atoms with Crippen molar-refractivity contribution in [3.63, 3.8) is 0 Å². The molecule has 0 spiro atoms. The Balaban J connectivity index is 1.32. The third kappa shape index (κ3) is 5.06. The maximum Gasteiger partial charge on any atom is 0.254 e. The fourth-order valence-electron chi connectivity index (χ4n) is 6.66. The van der Waals surface area contributed by atoms with E-state index in [0.717, 1.165) is 31.7 Å². The van der Waals surface area contributed by atoms with Crippen LogP contribution in [0.5, 0.6) is 5.75 Å². The number of rotatable bonds is 8. The number of amides is 2. The van der Waals surface area contributed by atoms with Crippen LogP contribution in [0.3, 0.4) is 0 Å². The third-order valence-electron chi connectivity index (χ3n) is 8.44. The molecule has 0 unspecified atom stereocenters. The molecule has 180 valence electrons. The molecule has 0 aromatic heterocycles. The molecule has 1 aromatic rings. The maximum absolute atomic E-state index is 13.8. The second-order valence-corrected chi connectivity index (χ2v) is 10.6. The van der Waals surface area contributed by atoms with E-state index in [9.17, 15) is 9.59 Å². The highest BCUT2D eigenvalue weighted by molar-refractivity contribution is 5.95. The quantitative estimate of drug-likeness (QED) is 0.652. The summed E-state index contributed by atoms with van der Waals surface area (Å²) in [5.41, 5.74) is 0.712. The summed E-state index contributed by atoms with van der Waals surface area (Å²) in [7, 11) is 1.64. The molecular weight excluding hydrogens is 414 g/mol. The standard InChI is InChI=1S/C27H39N3O3/c1-33-22-8-2-6-20(16-22)27(32)30-18-21-7-4-14-29-15-5-9-23(26(21)29)24(30)10-3-11-25(31)28-17-19-12-13-19/h2,6,8,16,19,21,23-24,26H,3-5,7,9-15,17-18H2,1H3,(H,28,31)/t21-,23+,24+,26-/m0/s1. The van der Waals surface area contributed by atoms with Gasteiger partial charge in [-0.1, -0.05) is 6.07 Å². The van der Waals surface area contributed by atoms with Gasteiger partial charge in [-0.25, -0.2) is 0 Å². The SMILES string of the molecule is COc1cccc(C(=O)N2C[C@@H]3CCCN4CCC[C@@H]([C@H]34)[C@H]2CCCC(=O)NCC2CC2)c1. The minimum Gasteiger partial charge on any atom is -0.497 e. The van der Waals surface area contributed by atoms with E-state index in [0.29, 0.717) is 35.8 Å². The van der Waals surface area contributed by atoms with E-state index in [4.69, 9.17) is 4.74 Å². The van der Waals surface area contributed by atoms with Gasteiger partial charge in [0.25, 0.3) is 5.91 Å². The monoisotopic (exact) mass is 453 g/mol. The number of methoxy groups -OCH3 is 1. The number of benzene rings is 1. The van der Waals surface area contributed by atoms with Gasteiger partial charge >= 0.3 is 0 Å². The summed E-state index contributed by atoms with van der Waals surface area (Å²) in [6, 6.07) is 8.39. The van der Waals surface area contributed by atoms with Crippen LogP contribution in [0.15, 0.2) is 24.3 Å². The number of ether oxygens (including phenoxy) is 1. The van der Waals surface area contributed by atoms with Crippen molar-refractivity contribution in [3.8, 4) is 5.75 Å². The second kappa shape index (κ2) is 10.0. The summed E-state index contributed by atoms with van der Waals surface area (Å²) >= 11 is 0. The van der Waals surface area contributed by atoms with Crippen molar-refractivity contribution in [3.05, 3.63) is 29.8 Å². The Morgan fingerprint density at radius 1 is 1.12 bits per heavy atom. The zero-order chi connectivity index (χ0) is 22.8. The summed E-state index contributed by atoms with van der Waals surface area (Å²) in [4.78, 5) is 31.0. The van der Waals surface area contributed by atoms with Crippen molar-refractivity contribution in [1.29, 1.82) is 0 Å². The first kappa shape index (κ1) is 22.7. The highest BCUT2D eigenvalue weighted by Gasteiger charge is 2.49. The zero-order valence-electron chi connectivity index (χ0n) is 20.0. The Kier molecular flexibility index (Phi) is 6.91. The number of hydrogen-bond acceptors (Lipinski definition) is 4. The van der Waals surface area contributed by atoms with E-state index >= 15 is 0 Å². The molecule has 33 heavy (non-hydrogen) atoms. The lowest BCUT2D eigenvalue weighted by Crippen LogP contribution is -2.65. The lowest BCUT2D eigenvalue weighted by atomic mass is 9.69. The third-order valence-corrected chi connectivity index (χ3v) is 8.44. The molecule has 2 amide bonds. The van der Waals surface area contributed by atoms with Crippen molar-refractivity contribution in [2.75, 3.05) is 33.3 Å². The van der Waals surface area contributed by atoms with Crippen LogP contribution in [-0.2, 0) is 4.79 Å². The molecule has 1 saturated carbocycles. The van der Waals surface area contributed by atoms with Crippen molar-refractivity contribution in [2.45, 2.75) is 69.9 Å². The number of nitrogens with one attached hydrogen (secondary N) is 1. The fourth-order valence-corrected chi connectivity index (χ4v) is 6.66. The van der Waals surface area contributed by atoms with Gasteiger partial charge < -0.3 is 15.0 Å². The van der Waals surface area contributed by atoms with E-state index in [1.165, 1.54) is 51.6 Å². The summed E-state index contributed by atoms with van der Waals surface area (Å²) in [6.45, 7) is 4.09. The Bertz CT molecular complexity index is 853. The summed E-state index contributed by atoms with van der Waals surface area (Å²) < 4.78 is 5.38. The van der Waals surface area contributed by atoms with Crippen LogP contribution in [0.4, 0.5) is 0 Å². The Morgan fingerprint density at radius 3 is 2.73 bits per heavy atom. The Labute approximate surface area is 198 Å². The first-order chi connectivity index (χ1) is 16.1.